The molecule has 2 rings (SSSR count). The first kappa shape index (κ1) is 11.3. The molecule has 2 nitrogen and oxygen atoms in total. The third kappa shape index (κ3) is 3.11. The summed E-state index contributed by atoms with van der Waals surface area (Å²) in [5, 5.41) is 0. The van der Waals surface area contributed by atoms with Crippen LogP contribution in [0.5, 0.6) is 0 Å². The molecule has 0 N–H and O–H groups in total. The van der Waals surface area contributed by atoms with Crippen LogP contribution in [-0.2, 0) is 7.05 Å². The van der Waals surface area contributed by atoms with Gasteiger partial charge in [-0.15, -0.1) is 0 Å². The van der Waals surface area contributed by atoms with Crippen LogP contribution in [-0.4, -0.2) is 6.29 Å². The first-order chi connectivity index (χ1) is 8.28. The van der Waals surface area contributed by atoms with Crippen molar-refractivity contribution in [2.75, 3.05) is 0 Å². The fourth-order valence-electron chi connectivity index (χ4n) is 1.59. The smallest absolute Gasteiger partial charge is 0.175 e. The molecule has 0 saturated heterocycles. The topological polar surface area (TPSA) is 20.9 Å². The van der Waals surface area contributed by atoms with Crippen LogP contribution in [0.15, 0.2) is 48.8 Å². The van der Waals surface area contributed by atoms with E-state index in [0.717, 1.165) is 17.4 Å². The Morgan fingerprint density at radius 3 is 2.24 bits per heavy atom. The van der Waals surface area contributed by atoms with E-state index < -0.39 is 0 Å². The molecule has 1 aromatic carbocycles. The van der Waals surface area contributed by atoms with Gasteiger partial charge in [-0.25, -0.2) is 4.57 Å². The molecule has 0 atom stereocenters. The summed E-state index contributed by atoms with van der Waals surface area (Å²) in [6.45, 7) is 0. The highest BCUT2D eigenvalue weighted by Gasteiger charge is 1.94. The Morgan fingerprint density at radius 2 is 1.59 bits per heavy atom. The van der Waals surface area contributed by atoms with E-state index >= 15 is 0 Å². The summed E-state index contributed by atoms with van der Waals surface area (Å²) in [4.78, 5) is 10.5. The Morgan fingerprint density at radius 1 is 0.941 bits per heavy atom. The number of hydrogen-bond acceptors (Lipinski definition) is 1. The van der Waals surface area contributed by atoms with Crippen LogP contribution >= 0.6 is 0 Å². The van der Waals surface area contributed by atoms with Crippen LogP contribution in [0.4, 0.5) is 0 Å². The van der Waals surface area contributed by atoms with Gasteiger partial charge in [-0.1, -0.05) is 30.3 Å². The number of aryl methyl sites for hydroxylation is 1. The van der Waals surface area contributed by atoms with Crippen molar-refractivity contribution in [1.82, 2.24) is 0 Å². The van der Waals surface area contributed by atoms with Crippen molar-refractivity contribution in [3.63, 3.8) is 0 Å². The van der Waals surface area contributed by atoms with E-state index in [9.17, 15) is 4.79 Å². The Labute approximate surface area is 101 Å². The third-order valence-corrected chi connectivity index (χ3v) is 2.50. The zero-order valence-corrected chi connectivity index (χ0v) is 9.71. The average molecular weight is 224 g/mol. The van der Waals surface area contributed by atoms with Gasteiger partial charge in [-0.3, -0.25) is 4.79 Å². The van der Waals surface area contributed by atoms with E-state index in [0.29, 0.717) is 5.56 Å². The lowest BCUT2D eigenvalue weighted by Crippen LogP contribution is -2.26. The van der Waals surface area contributed by atoms with E-state index in [2.05, 4.69) is 18.3 Å². The fraction of sp³-hybridized carbons (Fsp3) is 0.0667. The monoisotopic (exact) mass is 224 g/mol. The predicted molar refractivity (Wildman–Crippen MR) is 68.4 cm³/mol. The van der Waals surface area contributed by atoms with Crippen molar-refractivity contribution in [2.45, 2.75) is 0 Å². The fourth-order valence-corrected chi connectivity index (χ4v) is 1.59. The van der Waals surface area contributed by atoms with Gasteiger partial charge in [0.1, 0.15) is 13.3 Å². The van der Waals surface area contributed by atoms with Crippen LogP contribution in [0.2, 0.25) is 0 Å². The van der Waals surface area contributed by atoms with E-state index in [1.807, 2.05) is 54.2 Å². The maximum Gasteiger partial charge on any atom is 0.175 e. The molecular weight excluding hydrogens is 210 g/mol. The quantitative estimate of drug-likeness (QED) is 0.579. The van der Waals surface area contributed by atoms with Crippen molar-refractivity contribution in [1.29, 1.82) is 0 Å². The SMILES string of the molecule is C[n+]1cccc(C=Cc2ccc(C=O)cc2)c1. The van der Waals surface area contributed by atoms with Crippen LogP contribution < -0.4 is 4.57 Å². The molecule has 2 aromatic rings. The number of benzene rings is 1. The molecule has 2 heteroatoms. The minimum absolute atomic E-state index is 0.702. The standard InChI is InChI=1S/C15H14NO/c1-16-10-2-3-14(11-16)7-4-13-5-8-15(12-17)9-6-13/h2-12H,1H3/q+1. The Bertz CT molecular complexity index is 541. The molecule has 0 spiro atoms. The molecule has 0 bridgehead atoms. The highest BCUT2D eigenvalue weighted by atomic mass is 16.1. The van der Waals surface area contributed by atoms with Crippen LogP contribution in [0.1, 0.15) is 21.5 Å². The second-order valence-corrected chi connectivity index (χ2v) is 3.92. The van der Waals surface area contributed by atoms with Crippen LogP contribution in [0.25, 0.3) is 12.2 Å². The van der Waals surface area contributed by atoms with Gasteiger partial charge in [-0.05, 0) is 17.7 Å². The molecule has 0 aliphatic carbocycles. The maximum atomic E-state index is 10.5. The summed E-state index contributed by atoms with van der Waals surface area (Å²) >= 11 is 0. The highest BCUT2D eigenvalue weighted by molar-refractivity contribution is 5.76. The lowest BCUT2D eigenvalue weighted by atomic mass is 10.1. The number of nitrogens with zero attached hydrogens (tertiary/aromatic N) is 1. The Hall–Kier alpha value is -2.22. The molecule has 0 aliphatic rings. The van der Waals surface area contributed by atoms with Gasteiger partial charge in [0.25, 0.3) is 0 Å². The van der Waals surface area contributed by atoms with Gasteiger partial charge in [0, 0.05) is 17.2 Å². The first-order valence-electron chi connectivity index (χ1n) is 5.46. The Balaban J connectivity index is 2.17. The second kappa shape index (κ2) is 5.21. The number of rotatable bonds is 3. The van der Waals surface area contributed by atoms with Crippen molar-refractivity contribution in [2.24, 2.45) is 7.05 Å². The summed E-state index contributed by atoms with van der Waals surface area (Å²) in [5.74, 6) is 0. The van der Waals surface area contributed by atoms with Gasteiger partial charge in [-0.2, -0.15) is 0 Å². The van der Waals surface area contributed by atoms with Crippen LogP contribution in [0.3, 0.4) is 0 Å². The van der Waals surface area contributed by atoms with E-state index in [1.54, 1.807) is 0 Å². The molecule has 0 radical (unpaired) electrons. The highest BCUT2D eigenvalue weighted by Crippen LogP contribution is 2.07. The molecule has 1 aromatic heterocycles. The maximum absolute atomic E-state index is 10.5. The summed E-state index contributed by atoms with van der Waals surface area (Å²) in [7, 11) is 2.00. The molecular formula is C15H14NO+. The molecule has 0 saturated carbocycles. The number of pyridine rings is 1. The number of carbonyl (C=O) groups excluding carboxylic acids is 1. The summed E-state index contributed by atoms with van der Waals surface area (Å²) in [6.07, 6.45) is 8.98. The summed E-state index contributed by atoms with van der Waals surface area (Å²) < 4.78 is 2.01. The van der Waals surface area contributed by atoms with Gasteiger partial charge in [0.2, 0.25) is 0 Å². The molecule has 0 unspecified atom stereocenters. The second-order valence-electron chi connectivity index (χ2n) is 3.92. The molecule has 0 amide bonds. The summed E-state index contributed by atoms with van der Waals surface area (Å²) in [5.41, 5.74) is 2.94. The van der Waals surface area contributed by atoms with Crippen molar-refractivity contribution >= 4 is 18.4 Å². The average Bonchev–Trinajstić information content (AvgIpc) is 2.37. The molecule has 17 heavy (non-hydrogen) atoms. The zero-order valence-electron chi connectivity index (χ0n) is 9.71. The van der Waals surface area contributed by atoms with E-state index in [1.165, 1.54) is 0 Å². The first-order valence-corrected chi connectivity index (χ1v) is 5.46. The van der Waals surface area contributed by atoms with Crippen molar-refractivity contribution in [3.05, 3.63) is 65.5 Å². The van der Waals surface area contributed by atoms with E-state index in [-0.39, 0.29) is 0 Å². The van der Waals surface area contributed by atoms with Gasteiger partial charge < -0.3 is 0 Å². The zero-order chi connectivity index (χ0) is 12.1. The van der Waals surface area contributed by atoms with Gasteiger partial charge in [0.05, 0.1) is 0 Å². The lowest BCUT2D eigenvalue weighted by molar-refractivity contribution is -0.671. The molecule has 0 aliphatic heterocycles. The molecule has 0 fully saturated rings. The number of aromatic nitrogens is 1. The number of carbonyl (C=O) groups is 1. The van der Waals surface area contributed by atoms with Crippen molar-refractivity contribution in [3.8, 4) is 0 Å². The number of aldehydes is 1. The molecule has 84 valence electrons. The predicted octanol–water partition coefficient (Wildman–Crippen LogP) is 2.49. The van der Waals surface area contributed by atoms with Crippen molar-refractivity contribution < 1.29 is 9.36 Å². The van der Waals surface area contributed by atoms with E-state index in [4.69, 9.17) is 0 Å². The largest absolute Gasteiger partial charge is 0.298 e. The van der Waals surface area contributed by atoms with Crippen LogP contribution in [0, 0.1) is 0 Å². The Kier molecular flexibility index (Phi) is 3.46. The van der Waals surface area contributed by atoms with Gasteiger partial charge >= 0.3 is 0 Å². The third-order valence-electron chi connectivity index (χ3n) is 2.50. The minimum Gasteiger partial charge on any atom is -0.298 e. The lowest BCUT2D eigenvalue weighted by Gasteiger charge is -1.94. The minimum atomic E-state index is 0.702. The molecule has 1 heterocycles. The summed E-state index contributed by atoms with van der Waals surface area (Å²) in [6, 6.07) is 11.6. The normalized spacial score (nSPS) is 10.6. The number of hydrogen-bond donors (Lipinski definition) is 0. The van der Waals surface area contributed by atoms with Gasteiger partial charge in [0.15, 0.2) is 12.4 Å².